The van der Waals surface area contributed by atoms with Crippen LogP contribution in [-0.2, 0) is 21.1 Å². The fourth-order valence-electron chi connectivity index (χ4n) is 3.10. The quantitative estimate of drug-likeness (QED) is 0.724. The summed E-state index contributed by atoms with van der Waals surface area (Å²) >= 11 is 0. The molecule has 3 rings (SSSR count). The first-order valence-corrected chi connectivity index (χ1v) is 8.32. The van der Waals surface area contributed by atoms with Crippen LogP contribution in [0.25, 0.3) is 11.0 Å². The first kappa shape index (κ1) is 18.4. The Bertz CT molecular complexity index is 1280. The average molecular weight is 368 g/mol. The van der Waals surface area contributed by atoms with E-state index in [1.54, 1.807) is 0 Å². The molecule has 140 valence electrons. The van der Waals surface area contributed by atoms with Gasteiger partial charge in [0.1, 0.15) is 5.65 Å². The molecule has 0 aliphatic carbocycles. The molecule has 0 saturated heterocycles. The second-order valence-corrected chi connectivity index (χ2v) is 6.63. The number of rotatable bonds is 2. The van der Waals surface area contributed by atoms with Gasteiger partial charge in [-0.15, -0.1) is 0 Å². The molecule has 1 N–H and O–H groups in total. The molecule has 0 spiro atoms. The predicted octanol–water partition coefficient (Wildman–Crippen LogP) is 0.805. The topological polar surface area (TPSA) is 95.1 Å². The van der Waals surface area contributed by atoms with E-state index in [1.807, 2.05) is 32.0 Å². The number of aryl methyl sites for hydroxylation is 4. The van der Waals surface area contributed by atoms with Crippen LogP contribution in [0.3, 0.4) is 0 Å². The molecular formula is C19H20N4O4. The van der Waals surface area contributed by atoms with Crippen LogP contribution in [0.4, 0.5) is 5.69 Å². The van der Waals surface area contributed by atoms with E-state index >= 15 is 0 Å². The van der Waals surface area contributed by atoms with Crippen molar-refractivity contribution in [3.63, 3.8) is 0 Å². The summed E-state index contributed by atoms with van der Waals surface area (Å²) < 4.78 is 3.29. The average Bonchev–Trinajstić information content (AvgIpc) is 2.62. The van der Waals surface area contributed by atoms with Crippen LogP contribution in [0.15, 0.2) is 38.6 Å². The lowest BCUT2D eigenvalue weighted by molar-refractivity contribution is 0.102. The van der Waals surface area contributed by atoms with E-state index in [9.17, 15) is 19.2 Å². The van der Waals surface area contributed by atoms with Crippen molar-refractivity contribution < 1.29 is 4.79 Å². The van der Waals surface area contributed by atoms with Gasteiger partial charge < -0.3 is 5.32 Å². The lowest BCUT2D eigenvalue weighted by Gasteiger charge is -2.15. The van der Waals surface area contributed by atoms with Crippen LogP contribution < -0.4 is 22.1 Å². The molecular weight excluding hydrogens is 348 g/mol. The highest BCUT2D eigenvalue weighted by molar-refractivity contribution is 6.12. The normalized spacial score (nSPS) is 11.0. The fourth-order valence-corrected chi connectivity index (χ4v) is 3.10. The van der Waals surface area contributed by atoms with Crippen LogP contribution in [0.1, 0.15) is 21.5 Å². The van der Waals surface area contributed by atoms with E-state index in [0.29, 0.717) is 5.69 Å². The van der Waals surface area contributed by atoms with Crippen molar-refractivity contribution in [2.45, 2.75) is 13.8 Å². The second kappa shape index (κ2) is 6.39. The first-order valence-electron chi connectivity index (χ1n) is 8.32. The van der Waals surface area contributed by atoms with E-state index in [0.717, 1.165) is 21.8 Å². The molecule has 0 unspecified atom stereocenters. The number of fused-ring (bicyclic) bond motifs is 1. The van der Waals surface area contributed by atoms with Gasteiger partial charge in [0.2, 0.25) is 0 Å². The van der Waals surface area contributed by atoms with Gasteiger partial charge in [-0.05, 0) is 31.0 Å². The second-order valence-electron chi connectivity index (χ2n) is 6.63. The molecule has 0 radical (unpaired) electrons. The van der Waals surface area contributed by atoms with Crippen molar-refractivity contribution in [1.29, 1.82) is 0 Å². The number of carbonyl (C=O) groups excluding carboxylic acids is 1. The third kappa shape index (κ3) is 2.88. The molecule has 1 aromatic carbocycles. The molecule has 8 nitrogen and oxygen atoms in total. The number of nitrogens with zero attached hydrogens (tertiary/aromatic N) is 3. The minimum atomic E-state index is -0.630. The summed E-state index contributed by atoms with van der Waals surface area (Å²) in [7, 11) is 4.24. The first-order chi connectivity index (χ1) is 12.6. The number of nitrogens with one attached hydrogen (secondary N) is 1. The molecule has 0 aliphatic rings. The van der Waals surface area contributed by atoms with E-state index in [1.165, 1.54) is 30.3 Å². The Morgan fingerprint density at radius 1 is 0.926 bits per heavy atom. The zero-order valence-electron chi connectivity index (χ0n) is 15.8. The van der Waals surface area contributed by atoms with Crippen LogP contribution in [0, 0.1) is 13.8 Å². The number of carbonyl (C=O) groups is 1. The summed E-state index contributed by atoms with van der Waals surface area (Å²) in [5.74, 6) is -0.581. The lowest BCUT2D eigenvalue weighted by atomic mass is 10.1. The van der Waals surface area contributed by atoms with Crippen molar-refractivity contribution >= 4 is 22.6 Å². The smallest absolute Gasteiger partial charge is 0.322 e. The van der Waals surface area contributed by atoms with Gasteiger partial charge in [-0.3, -0.25) is 28.1 Å². The maximum Gasteiger partial charge on any atom is 0.332 e. The van der Waals surface area contributed by atoms with Crippen LogP contribution in [-0.4, -0.2) is 19.6 Å². The Hall–Kier alpha value is -3.42. The molecule has 0 fully saturated rings. The Kier molecular flexibility index (Phi) is 4.35. The summed E-state index contributed by atoms with van der Waals surface area (Å²) in [4.78, 5) is 50.2. The summed E-state index contributed by atoms with van der Waals surface area (Å²) in [6.45, 7) is 3.74. The number of amides is 1. The molecule has 8 heteroatoms. The number of benzene rings is 1. The van der Waals surface area contributed by atoms with Gasteiger partial charge in [-0.2, -0.15) is 0 Å². The summed E-state index contributed by atoms with van der Waals surface area (Å²) in [5, 5.41) is 2.78. The predicted molar refractivity (Wildman–Crippen MR) is 104 cm³/mol. The Morgan fingerprint density at radius 3 is 2.26 bits per heavy atom. The Morgan fingerprint density at radius 2 is 1.59 bits per heavy atom. The lowest BCUT2D eigenvalue weighted by Crippen LogP contribution is -2.40. The van der Waals surface area contributed by atoms with Gasteiger partial charge in [-0.1, -0.05) is 12.1 Å². The maximum atomic E-state index is 12.9. The van der Waals surface area contributed by atoms with Crippen LogP contribution in [0.2, 0.25) is 0 Å². The molecule has 2 heterocycles. The van der Waals surface area contributed by atoms with Gasteiger partial charge in [0.05, 0.1) is 10.9 Å². The van der Waals surface area contributed by atoms with Crippen molar-refractivity contribution in [2.24, 2.45) is 21.1 Å². The fraction of sp³-hybridized carbons (Fsp3) is 0.263. The number of anilines is 1. The standard InChI is InChI=1S/C19H20N4O4/c1-10-6-7-11(2)13(8-10)20-16(25)12-9-14(24)21(3)17-15(12)18(26)23(5)19(27)22(17)4/h6-9H,1-5H3,(H,20,25). The van der Waals surface area contributed by atoms with E-state index < -0.39 is 22.7 Å². The highest BCUT2D eigenvalue weighted by atomic mass is 16.2. The van der Waals surface area contributed by atoms with Gasteiger partial charge in [0.25, 0.3) is 17.0 Å². The van der Waals surface area contributed by atoms with Gasteiger partial charge in [-0.25, -0.2) is 4.79 Å². The zero-order chi connectivity index (χ0) is 20.0. The molecule has 2 aromatic heterocycles. The van der Waals surface area contributed by atoms with E-state index in [2.05, 4.69) is 5.32 Å². The van der Waals surface area contributed by atoms with Crippen LogP contribution >= 0.6 is 0 Å². The molecule has 0 bridgehead atoms. The summed E-state index contributed by atoms with van der Waals surface area (Å²) in [6.07, 6.45) is 0. The van der Waals surface area contributed by atoms with Crippen molar-refractivity contribution in [2.75, 3.05) is 5.32 Å². The minimum absolute atomic E-state index is 0.0181. The van der Waals surface area contributed by atoms with Crippen molar-refractivity contribution in [3.8, 4) is 0 Å². The van der Waals surface area contributed by atoms with Crippen molar-refractivity contribution in [3.05, 3.63) is 72.1 Å². The monoisotopic (exact) mass is 368 g/mol. The molecule has 0 atom stereocenters. The maximum absolute atomic E-state index is 12.9. The molecule has 3 aromatic rings. The highest BCUT2D eigenvalue weighted by Crippen LogP contribution is 2.19. The largest absolute Gasteiger partial charge is 0.332 e. The SMILES string of the molecule is Cc1ccc(C)c(NC(=O)c2cc(=O)n(C)c3c2c(=O)n(C)c(=O)n3C)c1. The van der Waals surface area contributed by atoms with Crippen LogP contribution in [0.5, 0.6) is 0 Å². The Balaban J connectivity index is 2.32. The van der Waals surface area contributed by atoms with Crippen molar-refractivity contribution in [1.82, 2.24) is 13.7 Å². The molecule has 1 amide bonds. The Labute approximate surface area is 154 Å². The number of pyridine rings is 1. The van der Waals surface area contributed by atoms with Gasteiger partial charge >= 0.3 is 5.69 Å². The highest BCUT2D eigenvalue weighted by Gasteiger charge is 2.21. The number of hydrogen-bond acceptors (Lipinski definition) is 4. The molecule has 0 saturated carbocycles. The third-order valence-electron chi connectivity index (χ3n) is 4.71. The summed E-state index contributed by atoms with van der Waals surface area (Å²) in [6, 6.07) is 6.72. The third-order valence-corrected chi connectivity index (χ3v) is 4.71. The number of hydrogen-bond donors (Lipinski definition) is 1. The minimum Gasteiger partial charge on any atom is -0.322 e. The summed E-state index contributed by atoms with van der Waals surface area (Å²) in [5.41, 5.74) is 0.745. The molecule has 0 aliphatic heterocycles. The van der Waals surface area contributed by atoms with Gasteiger partial charge in [0, 0.05) is 32.9 Å². The zero-order valence-corrected chi connectivity index (χ0v) is 15.8. The van der Waals surface area contributed by atoms with Gasteiger partial charge in [0.15, 0.2) is 0 Å². The van der Waals surface area contributed by atoms with E-state index in [4.69, 9.17) is 0 Å². The number of aromatic nitrogens is 3. The molecule has 27 heavy (non-hydrogen) atoms. The van der Waals surface area contributed by atoms with E-state index in [-0.39, 0.29) is 16.6 Å².